The molecule has 1 fully saturated rings. The number of hydrogen-bond donors (Lipinski definition) is 1. The maximum atomic E-state index is 6.71. The summed E-state index contributed by atoms with van der Waals surface area (Å²) in [7, 11) is 0. The van der Waals surface area contributed by atoms with E-state index in [4.69, 9.17) is 10.5 Å². The second kappa shape index (κ2) is 5.31. The molecule has 100 valence electrons. The van der Waals surface area contributed by atoms with E-state index in [9.17, 15) is 0 Å². The summed E-state index contributed by atoms with van der Waals surface area (Å²) in [4.78, 5) is 0. The lowest BCUT2D eigenvalue weighted by atomic mass is 9.69. The molecule has 2 atom stereocenters. The van der Waals surface area contributed by atoms with Crippen molar-refractivity contribution in [1.29, 1.82) is 0 Å². The Balaban J connectivity index is 2.33. The van der Waals surface area contributed by atoms with E-state index in [2.05, 4.69) is 26.0 Å². The third kappa shape index (κ3) is 2.69. The van der Waals surface area contributed by atoms with Gasteiger partial charge in [-0.05, 0) is 44.1 Å². The molecule has 0 heterocycles. The fourth-order valence-electron chi connectivity index (χ4n) is 3.56. The fourth-order valence-corrected chi connectivity index (χ4v) is 3.56. The molecule has 2 nitrogen and oxygen atoms in total. The van der Waals surface area contributed by atoms with Gasteiger partial charge in [-0.1, -0.05) is 32.0 Å². The van der Waals surface area contributed by atoms with Gasteiger partial charge >= 0.3 is 0 Å². The minimum Gasteiger partial charge on any atom is -0.494 e. The molecule has 18 heavy (non-hydrogen) atoms. The van der Waals surface area contributed by atoms with Crippen molar-refractivity contribution in [2.24, 2.45) is 17.6 Å². The van der Waals surface area contributed by atoms with Crippen molar-refractivity contribution in [3.8, 4) is 5.75 Å². The molecule has 0 amide bonds. The molecule has 1 aliphatic rings. The molecule has 1 aliphatic carbocycles. The second-order valence-electron chi connectivity index (χ2n) is 5.94. The second-order valence-corrected chi connectivity index (χ2v) is 5.94. The first-order valence-corrected chi connectivity index (χ1v) is 7.06. The summed E-state index contributed by atoms with van der Waals surface area (Å²) >= 11 is 0. The lowest BCUT2D eigenvalue weighted by Gasteiger charge is -2.41. The molecule has 2 heteroatoms. The Morgan fingerprint density at radius 2 is 1.83 bits per heavy atom. The van der Waals surface area contributed by atoms with Crippen LogP contribution >= 0.6 is 0 Å². The van der Waals surface area contributed by atoms with Crippen LogP contribution < -0.4 is 10.5 Å². The zero-order chi connectivity index (χ0) is 13.2. The lowest BCUT2D eigenvalue weighted by molar-refractivity contribution is 0.178. The molecule has 0 bridgehead atoms. The zero-order valence-corrected chi connectivity index (χ0v) is 11.8. The molecule has 0 aromatic heterocycles. The number of hydrogen-bond acceptors (Lipinski definition) is 2. The molecule has 0 aliphatic heterocycles. The molecule has 1 aromatic carbocycles. The molecule has 0 saturated heterocycles. The highest BCUT2D eigenvalue weighted by atomic mass is 16.5. The first-order valence-electron chi connectivity index (χ1n) is 7.06. The number of para-hydroxylation sites is 1. The Morgan fingerprint density at radius 1 is 1.22 bits per heavy atom. The quantitative estimate of drug-likeness (QED) is 0.884. The van der Waals surface area contributed by atoms with E-state index < -0.39 is 0 Å². The Morgan fingerprint density at radius 3 is 2.44 bits per heavy atom. The summed E-state index contributed by atoms with van der Waals surface area (Å²) in [6, 6.07) is 8.26. The largest absolute Gasteiger partial charge is 0.494 e. The smallest absolute Gasteiger partial charge is 0.124 e. The summed E-state index contributed by atoms with van der Waals surface area (Å²) < 4.78 is 5.75. The van der Waals surface area contributed by atoms with Gasteiger partial charge in [0.2, 0.25) is 0 Å². The normalized spacial score (nSPS) is 32.2. The Bertz CT molecular complexity index is 392. The van der Waals surface area contributed by atoms with Gasteiger partial charge in [-0.25, -0.2) is 0 Å². The average Bonchev–Trinajstić information content (AvgIpc) is 2.28. The summed E-state index contributed by atoms with van der Waals surface area (Å²) in [5, 5.41) is 0. The highest BCUT2D eigenvalue weighted by Gasteiger charge is 2.37. The van der Waals surface area contributed by atoms with Gasteiger partial charge in [-0.15, -0.1) is 0 Å². The monoisotopic (exact) mass is 247 g/mol. The SMILES string of the molecule is CCOc1ccccc1C1(N)CC(C)CC(C)C1. The highest BCUT2D eigenvalue weighted by Crippen LogP contribution is 2.43. The number of nitrogens with two attached hydrogens (primary N) is 1. The van der Waals surface area contributed by atoms with E-state index in [0.717, 1.165) is 18.6 Å². The van der Waals surface area contributed by atoms with Crippen LogP contribution in [0.5, 0.6) is 5.75 Å². The van der Waals surface area contributed by atoms with Gasteiger partial charge in [0, 0.05) is 11.1 Å². The number of rotatable bonds is 3. The van der Waals surface area contributed by atoms with Gasteiger partial charge < -0.3 is 10.5 Å². The maximum Gasteiger partial charge on any atom is 0.124 e. The van der Waals surface area contributed by atoms with Gasteiger partial charge in [0.05, 0.1) is 6.61 Å². The predicted molar refractivity (Wildman–Crippen MR) is 75.7 cm³/mol. The van der Waals surface area contributed by atoms with E-state index in [1.807, 2.05) is 19.1 Å². The van der Waals surface area contributed by atoms with E-state index in [1.54, 1.807) is 0 Å². The van der Waals surface area contributed by atoms with Gasteiger partial charge in [0.15, 0.2) is 0 Å². The standard InChI is InChI=1S/C16H25NO/c1-4-18-15-8-6-5-7-14(15)16(17)10-12(2)9-13(3)11-16/h5-8,12-13H,4,9-11,17H2,1-3H3. The van der Waals surface area contributed by atoms with Crippen molar-refractivity contribution in [3.05, 3.63) is 29.8 Å². The third-order valence-electron chi connectivity index (χ3n) is 3.95. The van der Waals surface area contributed by atoms with Gasteiger partial charge in [0.1, 0.15) is 5.75 Å². The average molecular weight is 247 g/mol. The summed E-state index contributed by atoms with van der Waals surface area (Å²) in [6.07, 6.45) is 3.40. The van der Waals surface area contributed by atoms with Crippen LogP contribution in [0.4, 0.5) is 0 Å². The van der Waals surface area contributed by atoms with Crippen LogP contribution in [0.3, 0.4) is 0 Å². The molecule has 1 aromatic rings. The molecular weight excluding hydrogens is 222 g/mol. The molecular formula is C16H25NO. The highest BCUT2D eigenvalue weighted by molar-refractivity contribution is 5.39. The molecule has 2 unspecified atom stereocenters. The van der Waals surface area contributed by atoms with Crippen molar-refractivity contribution in [3.63, 3.8) is 0 Å². The van der Waals surface area contributed by atoms with Crippen LogP contribution in [-0.4, -0.2) is 6.61 Å². The van der Waals surface area contributed by atoms with Gasteiger partial charge in [-0.2, -0.15) is 0 Å². The zero-order valence-electron chi connectivity index (χ0n) is 11.8. The minimum atomic E-state index is -0.219. The molecule has 1 saturated carbocycles. The Hall–Kier alpha value is -1.02. The van der Waals surface area contributed by atoms with E-state index in [1.165, 1.54) is 12.0 Å². The van der Waals surface area contributed by atoms with Crippen LogP contribution in [0.2, 0.25) is 0 Å². The van der Waals surface area contributed by atoms with Crippen LogP contribution in [0, 0.1) is 11.8 Å². The van der Waals surface area contributed by atoms with Crippen LogP contribution in [0.1, 0.15) is 45.6 Å². The third-order valence-corrected chi connectivity index (χ3v) is 3.95. The van der Waals surface area contributed by atoms with Gasteiger partial charge in [-0.3, -0.25) is 0 Å². The number of ether oxygens (including phenoxy) is 1. The Labute approximate surface area is 111 Å². The van der Waals surface area contributed by atoms with E-state index >= 15 is 0 Å². The first-order chi connectivity index (χ1) is 8.55. The number of benzene rings is 1. The predicted octanol–water partition coefficient (Wildman–Crippen LogP) is 3.70. The van der Waals surface area contributed by atoms with Crippen molar-refractivity contribution in [1.82, 2.24) is 0 Å². The Kier molecular flexibility index (Phi) is 3.96. The first kappa shape index (κ1) is 13.4. The molecule has 0 spiro atoms. The van der Waals surface area contributed by atoms with Crippen molar-refractivity contribution < 1.29 is 4.74 Å². The fraction of sp³-hybridized carbons (Fsp3) is 0.625. The molecule has 0 radical (unpaired) electrons. The lowest BCUT2D eigenvalue weighted by Crippen LogP contribution is -2.43. The van der Waals surface area contributed by atoms with Crippen LogP contribution in [0.15, 0.2) is 24.3 Å². The minimum absolute atomic E-state index is 0.219. The van der Waals surface area contributed by atoms with E-state index in [-0.39, 0.29) is 5.54 Å². The summed E-state index contributed by atoms with van der Waals surface area (Å²) in [5.74, 6) is 2.34. The molecule has 2 N–H and O–H groups in total. The van der Waals surface area contributed by atoms with E-state index in [0.29, 0.717) is 18.4 Å². The maximum absolute atomic E-state index is 6.71. The summed E-state index contributed by atoms with van der Waals surface area (Å²) in [5.41, 5.74) is 7.68. The molecule has 2 rings (SSSR count). The van der Waals surface area contributed by atoms with Gasteiger partial charge in [0.25, 0.3) is 0 Å². The van der Waals surface area contributed by atoms with Crippen molar-refractivity contribution in [2.45, 2.75) is 45.6 Å². The van der Waals surface area contributed by atoms with Crippen LogP contribution in [-0.2, 0) is 5.54 Å². The van der Waals surface area contributed by atoms with Crippen LogP contribution in [0.25, 0.3) is 0 Å². The summed E-state index contributed by atoms with van der Waals surface area (Å²) in [6.45, 7) is 7.32. The van der Waals surface area contributed by atoms with Crippen molar-refractivity contribution in [2.75, 3.05) is 6.61 Å². The topological polar surface area (TPSA) is 35.2 Å². The van der Waals surface area contributed by atoms with Crippen molar-refractivity contribution >= 4 is 0 Å².